The molecule has 0 aliphatic rings. The van der Waals surface area contributed by atoms with Crippen LogP contribution in [0.15, 0.2) is 72.8 Å². The first-order valence-electron chi connectivity index (χ1n) is 21.7. The smallest absolute Gasteiger partial charge is 0.203 e. The average molecular weight is 1030 g/mol. The maximum Gasteiger partial charge on any atom is 0.203 e. The third-order valence-corrected chi connectivity index (χ3v) is 18.0. The lowest BCUT2D eigenvalue weighted by atomic mass is 10.0. The lowest BCUT2D eigenvalue weighted by Gasteiger charge is -2.30. The van der Waals surface area contributed by atoms with Crippen LogP contribution < -0.4 is 108 Å². The molecule has 0 aliphatic heterocycles. The standard InChI is InChI=1S/C52H60O18P2/c1-55-29-17-35(57-3)47(45(19-29)71(53,31-21-37(59-5)49(67-13)38(22-31)60-6)32-23-39(61-7)50(68-14)40(24-32)62-8)48-36(58-4)18-30(56-2)20-46(48)72(54,33-25-41(63-9)51(69-15)42(26-33)64-10)34-27-43(65-11)52(70-16)44(28-34)66-12/h17-28H,1-16H3. The molecule has 0 aliphatic carbocycles. The predicted octanol–water partition coefficient (Wildman–Crippen LogP) is 6.77. The molecule has 0 aromatic heterocycles. The summed E-state index contributed by atoms with van der Waals surface area (Å²) in [6, 6.07) is 19.2. The van der Waals surface area contributed by atoms with Crippen molar-refractivity contribution in [3.63, 3.8) is 0 Å². The molecule has 6 rings (SSSR count). The summed E-state index contributed by atoms with van der Waals surface area (Å²) in [6.45, 7) is 0. The fraction of sp³-hybridized carbons (Fsp3) is 0.308. The van der Waals surface area contributed by atoms with Crippen LogP contribution in [0.4, 0.5) is 0 Å². The first-order chi connectivity index (χ1) is 34.7. The van der Waals surface area contributed by atoms with Crippen LogP contribution >= 0.6 is 14.3 Å². The highest BCUT2D eigenvalue weighted by atomic mass is 31.2. The minimum absolute atomic E-state index is 0.0910. The lowest BCUT2D eigenvalue weighted by Crippen LogP contribution is -2.31. The Balaban J connectivity index is 1.99. The summed E-state index contributed by atoms with van der Waals surface area (Å²) in [4.78, 5) is 0. The van der Waals surface area contributed by atoms with Gasteiger partial charge in [-0.3, -0.25) is 0 Å². The molecule has 6 aromatic carbocycles. The Morgan fingerprint density at radius 1 is 0.236 bits per heavy atom. The Morgan fingerprint density at radius 3 is 0.583 bits per heavy atom. The van der Waals surface area contributed by atoms with Crippen molar-refractivity contribution < 1.29 is 84.9 Å². The molecule has 72 heavy (non-hydrogen) atoms. The molecule has 18 nitrogen and oxygen atoms in total. The van der Waals surface area contributed by atoms with Crippen molar-refractivity contribution in [2.45, 2.75) is 0 Å². The molecule has 0 heterocycles. The van der Waals surface area contributed by atoms with Gasteiger partial charge in [0.1, 0.15) is 23.0 Å². The van der Waals surface area contributed by atoms with Crippen molar-refractivity contribution >= 4 is 46.1 Å². The van der Waals surface area contributed by atoms with Gasteiger partial charge in [-0.25, -0.2) is 0 Å². The molecule has 0 saturated carbocycles. The topological polar surface area (TPSA) is 182 Å². The van der Waals surface area contributed by atoms with Crippen molar-refractivity contribution in [2.24, 2.45) is 0 Å². The summed E-state index contributed by atoms with van der Waals surface area (Å²) in [5.74, 6) is 3.15. The zero-order valence-electron chi connectivity index (χ0n) is 43.2. The van der Waals surface area contributed by atoms with Gasteiger partial charge in [0.25, 0.3) is 0 Å². The Bertz CT molecular complexity index is 2610. The molecule has 0 atom stereocenters. The lowest BCUT2D eigenvalue weighted by molar-refractivity contribution is 0.324. The summed E-state index contributed by atoms with van der Waals surface area (Å²) < 4.78 is 130. The SMILES string of the molecule is COc1cc(OC)c(-c2c(OC)cc(OC)cc2P(=O)(c2cc(OC)c(OC)c(OC)c2)c2cc(OC)c(OC)c(OC)c2)c(P(=O)(c2cc(OC)c(OC)c(OC)c2)c2cc(OC)c(OC)c(OC)c2)c1. The fourth-order valence-corrected chi connectivity index (χ4v) is 14.4. The van der Waals surface area contributed by atoms with Gasteiger partial charge >= 0.3 is 0 Å². The second kappa shape index (κ2) is 22.8. The minimum atomic E-state index is -4.50. The minimum Gasteiger partial charge on any atom is -0.497 e. The monoisotopic (exact) mass is 1030 g/mol. The molecule has 0 amide bonds. The van der Waals surface area contributed by atoms with Crippen LogP contribution in [0.1, 0.15) is 0 Å². The molecule has 0 radical (unpaired) electrons. The number of benzene rings is 6. The van der Waals surface area contributed by atoms with E-state index in [0.29, 0.717) is 0 Å². The fourth-order valence-electron chi connectivity index (χ4n) is 8.56. The van der Waals surface area contributed by atoms with E-state index in [4.69, 9.17) is 75.8 Å². The van der Waals surface area contributed by atoms with Gasteiger partial charge in [0, 0.05) is 55.1 Å². The second-order valence-electron chi connectivity index (χ2n) is 15.2. The molecule has 6 aromatic rings. The molecule has 0 N–H and O–H groups in total. The van der Waals surface area contributed by atoms with E-state index in [-0.39, 0.29) is 135 Å². The normalized spacial score (nSPS) is 11.2. The van der Waals surface area contributed by atoms with Gasteiger partial charge in [0.05, 0.1) is 114 Å². The van der Waals surface area contributed by atoms with E-state index in [2.05, 4.69) is 0 Å². The maximum absolute atomic E-state index is 17.7. The Morgan fingerprint density at radius 2 is 0.431 bits per heavy atom. The van der Waals surface area contributed by atoms with Crippen LogP contribution in [0.25, 0.3) is 11.1 Å². The zero-order valence-corrected chi connectivity index (χ0v) is 45.0. The predicted molar refractivity (Wildman–Crippen MR) is 275 cm³/mol. The molecule has 20 heteroatoms. The van der Waals surface area contributed by atoms with E-state index in [1.54, 1.807) is 72.8 Å². The third kappa shape index (κ3) is 9.20. The molecule has 386 valence electrons. The van der Waals surface area contributed by atoms with Gasteiger partial charge in [-0.15, -0.1) is 0 Å². The van der Waals surface area contributed by atoms with Crippen LogP contribution in [-0.4, -0.2) is 114 Å². The summed E-state index contributed by atoms with van der Waals surface area (Å²) in [5.41, 5.74) is 0.303. The second-order valence-corrected chi connectivity index (χ2v) is 20.7. The summed E-state index contributed by atoms with van der Waals surface area (Å²) in [6.07, 6.45) is 0. The largest absolute Gasteiger partial charge is 0.497 e. The summed E-state index contributed by atoms with van der Waals surface area (Å²) in [7, 11) is 14.2. The Labute approximate surface area is 419 Å². The first-order valence-corrected chi connectivity index (χ1v) is 25.1. The van der Waals surface area contributed by atoms with Gasteiger partial charge in [-0.2, -0.15) is 0 Å². The molecule has 0 spiro atoms. The van der Waals surface area contributed by atoms with Crippen molar-refractivity contribution in [1.82, 2.24) is 0 Å². The quantitative estimate of drug-likeness (QED) is 0.0613. The van der Waals surface area contributed by atoms with E-state index in [0.717, 1.165) is 0 Å². The highest BCUT2D eigenvalue weighted by molar-refractivity contribution is 7.86. The average Bonchev–Trinajstić information content (AvgIpc) is 3.43. The van der Waals surface area contributed by atoms with Crippen LogP contribution in [0.5, 0.6) is 92.0 Å². The van der Waals surface area contributed by atoms with Crippen molar-refractivity contribution in [3.05, 3.63) is 72.8 Å². The van der Waals surface area contributed by atoms with Gasteiger partial charge in [0.2, 0.25) is 23.0 Å². The number of methoxy groups -OCH3 is 16. The van der Waals surface area contributed by atoms with Crippen LogP contribution in [0.3, 0.4) is 0 Å². The molecule has 0 fully saturated rings. The number of ether oxygens (including phenoxy) is 16. The van der Waals surface area contributed by atoms with Crippen LogP contribution in [0, 0.1) is 0 Å². The number of rotatable bonds is 23. The highest BCUT2D eigenvalue weighted by Gasteiger charge is 2.43. The Hall–Kier alpha value is -7.42. The number of hydrogen-bond donors (Lipinski definition) is 0. The van der Waals surface area contributed by atoms with Crippen molar-refractivity contribution in [1.29, 1.82) is 0 Å². The highest BCUT2D eigenvalue weighted by Crippen LogP contribution is 2.58. The molecular formula is C52H60O18P2. The Kier molecular flexibility index (Phi) is 17.1. The third-order valence-electron chi connectivity index (χ3n) is 12.0. The van der Waals surface area contributed by atoms with Crippen molar-refractivity contribution in [2.75, 3.05) is 114 Å². The molecule has 0 saturated heterocycles. The molecule has 0 unspecified atom stereocenters. The summed E-state index contributed by atoms with van der Waals surface area (Å²) in [5, 5.41) is 0.883. The van der Waals surface area contributed by atoms with E-state index in [1.807, 2.05) is 0 Å². The molecular weight excluding hydrogens is 975 g/mol. The van der Waals surface area contributed by atoms with E-state index in [1.165, 1.54) is 114 Å². The van der Waals surface area contributed by atoms with Crippen molar-refractivity contribution in [3.8, 4) is 103 Å². The first kappa shape index (κ1) is 53.9. The molecule has 0 bridgehead atoms. The summed E-state index contributed by atoms with van der Waals surface area (Å²) >= 11 is 0. The van der Waals surface area contributed by atoms with E-state index < -0.39 is 14.3 Å². The van der Waals surface area contributed by atoms with Gasteiger partial charge in [-0.1, -0.05) is 0 Å². The van der Waals surface area contributed by atoms with Crippen LogP contribution in [-0.2, 0) is 9.13 Å². The van der Waals surface area contributed by atoms with Gasteiger partial charge in [0.15, 0.2) is 60.3 Å². The van der Waals surface area contributed by atoms with Gasteiger partial charge < -0.3 is 84.9 Å². The van der Waals surface area contributed by atoms with Crippen LogP contribution in [0.2, 0.25) is 0 Å². The van der Waals surface area contributed by atoms with E-state index >= 15 is 9.13 Å². The van der Waals surface area contributed by atoms with E-state index in [9.17, 15) is 0 Å². The number of hydrogen-bond acceptors (Lipinski definition) is 18. The maximum atomic E-state index is 17.7. The zero-order chi connectivity index (χ0) is 52.7. The van der Waals surface area contributed by atoms with Gasteiger partial charge in [-0.05, 0) is 60.7 Å².